The van der Waals surface area contributed by atoms with Gasteiger partial charge >= 0.3 is 0 Å². The monoisotopic (exact) mass is 267 g/mol. The number of allylic oxidation sites excluding steroid dienone is 6. The van der Waals surface area contributed by atoms with Gasteiger partial charge in [-0.3, -0.25) is 0 Å². The highest BCUT2D eigenvalue weighted by molar-refractivity contribution is 5.40. The average Bonchev–Trinajstić information content (AvgIpc) is 2.89. The van der Waals surface area contributed by atoms with Crippen LogP contribution >= 0.6 is 0 Å². The Labute approximate surface area is 123 Å². The van der Waals surface area contributed by atoms with Gasteiger partial charge in [0.05, 0.1) is 6.04 Å². The van der Waals surface area contributed by atoms with Crippen molar-refractivity contribution in [3.05, 3.63) is 85.8 Å². The fourth-order valence-electron chi connectivity index (χ4n) is 2.26. The Morgan fingerprint density at radius 3 is 2.40 bits per heavy atom. The fourth-order valence-corrected chi connectivity index (χ4v) is 2.26. The van der Waals surface area contributed by atoms with Gasteiger partial charge in [-0.25, -0.2) is 0 Å². The van der Waals surface area contributed by atoms with Gasteiger partial charge in [0.1, 0.15) is 0 Å². The standard InChI is InChI=1S/C19H25N/c1-7-15(5)17(8-2)12-11-16(6)20-14-13-18(9-3)19(20)10-4/h8-14,18-19H,2-5,7H2,1,6H3/b16-11+,17-12+. The van der Waals surface area contributed by atoms with Gasteiger partial charge in [0.2, 0.25) is 0 Å². The summed E-state index contributed by atoms with van der Waals surface area (Å²) in [4.78, 5) is 2.21. The molecule has 0 spiro atoms. The van der Waals surface area contributed by atoms with Crippen LogP contribution in [0.15, 0.2) is 85.8 Å². The minimum absolute atomic E-state index is 0.249. The number of hydrogen-bond donors (Lipinski definition) is 0. The molecule has 0 saturated carbocycles. The lowest BCUT2D eigenvalue weighted by molar-refractivity contribution is 0.392. The van der Waals surface area contributed by atoms with Crippen LogP contribution in [0, 0.1) is 5.92 Å². The predicted molar refractivity (Wildman–Crippen MR) is 90.1 cm³/mol. The van der Waals surface area contributed by atoms with E-state index in [1.54, 1.807) is 0 Å². The van der Waals surface area contributed by atoms with E-state index in [0.717, 1.165) is 17.6 Å². The Morgan fingerprint density at radius 2 is 1.90 bits per heavy atom. The van der Waals surface area contributed by atoms with Crippen LogP contribution in [0.5, 0.6) is 0 Å². The van der Waals surface area contributed by atoms with Crippen molar-refractivity contribution in [1.82, 2.24) is 4.90 Å². The van der Waals surface area contributed by atoms with E-state index >= 15 is 0 Å². The molecule has 2 atom stereocenters. The molecular weight excluding hydrogens is 242 g/mol. The summed E-state index contributed by atoms with van der Waals surface area (Å²) in [5.41, 5.74) is 3.36. The van der Waals surface area contributed by atoms with Gasteiger partial charge in [0.15, 0.2) is 0 Å². The topological polar surface area (TPSA) is 3.24 Å². The summed E-state index contributed by atoms with van der Waals surface area (Å²) >= 11 is 0. The molecule has 0 bridgehead atoms. The molecule has 0 aromatic carbocycles. The lowest BCUT2D eigenvalue weighted by atomic mass is 10.0. The molecule has 1 heterocycles. The number of rotatable bonds is 7. The molecule has 0 N–H and O–H groups in total. The van der Waals surface area contributed by atoms with E-state index in [-0.39, 0.29) is 6.04 Å². The number of hydrogen-bond acceptors (Lipinski definition) is 1. The summed E-state index contributed by atoms with van der Waals surface area (Å²) in [6, 6.07) is 0.249. The molecule has 0 radical (unpaired) electrons. The second-order valence-corrected chi connectivity index (χ2v) is 4.88. The van der Waals surface area contributed by atoms with E-state index in [9.17, 15) is 0 Å². The van der Waals surface area contributed by atoms with E-state index < -0.39 is 0 Å². The molecule has 0 aliphatic carbocycles. The van der Waals surface area contributed by atoms with Crippen molar-refractivity contribution in [3.8, 4) is 0 Å². The maximum Gasteiger partial charge on any atom is 0.0608 e. The first-order chi connectivity index (χ1) is 9.58. The summed E-state index contributed by atoms with van der Waals surface area (Å²) < 4.78 is 0. The molecule has 0 saturated heterocycles. The zero-order valence-electron chi connectivity index (χ0n) is 12.7. The maximum atomic E-state index is 4.05. The molecular formula is C19H25N. The third kappa shape index (κ3) is 3.51. The fraction of sp³-hybridized carbons (Fsp3) is 0.263. The molecule has 1 aliphatic heterocycles. The Balaban J connectivity index is 2.94. The third-order valence-corrected chi connectivity index (χ3v) is 3.66. The van der Waals surface area contributed by atoms with Crippen molar-refractivity contribution >= 4 is 0 Å². The van der Waals surface area contributed by atoms with Gasteiger partial charge in [-0.05, 0) is 30.6 Å². The van der Waals surface area contributed by atoms with Crippen LogP contribution in [0.3, 0.4) is 0 Å². The first-order valence-electron chi connectivity index (χ1n) is 6.99. The smallest absolute Gasteiger partial charge is 0.0608 e. The highest BCUT2D eigenvalue weighted by Crippen LogP contribution is 2.27. The summed E-state index contributed by atoms with van der Waals surface area (Å²) in [5.74, 6) is 0.323. The Bertz CT molecular complexity index is 488. The molecule has 20 heavy (non-hydrogen) atoms. The van der Waals surface area contributed by atoms with E-state index in [0.29, 0.717) is 5.92 Å². The summed E-state index contributed by atoms with van der Waals surface area (Å²) in [7, 11) is 0. The second-order valence-electron chi connectivity index (χ2n) is 4.88. The predicted octanol–water partition coefficient (Wildman–Crippen LogP) is 5.15. The molecule has 1 aliphatic rings. The minimum atomic E-state index is 0.249. The average molecular weight is 267 g/mol. The van der Waals surface area contributed by atoms with Crippen LogP contribution in [0.25, 0.3) is 0 Å². The van der Waals surface area contributed by atoms with Crippen LogP contribution in [0.2, 0.25) is 0 Å². The molecule has 0 aromatic rings. The van der Waals surface area contributed by atoms with Crippen molar-refractivity contribution in [1.29, 1.82) is 0 Å². The molecule has 2 unspecified atom stereocenters. The zero-order chi connectivity index (χ0) is 15.1. The Morgan fingerprint density at radius 1 is 1.20 bits per heavy atom. The highest BCUT2D eigenvalue weighted by atomic mass is 15.2. The van der Waals surface area contributed by atoms with Gasteiger partial charge in [-0.2, -0.15) is 0 Å². The van der Waals surface area contributed by atoms with Crippen molar-refractivity contribution < 1.29 is 0 Å². The van der Waals surface area contributed by atoms with Crippen LogP contribution < -0.4 is 0 Å². The van der Waals surface area contributed by atoms with Gasteiger partial charge in [0.25, 0.3) is 0 Å². The summed E-state index contributed by atoms with van der Waals surface area (Å²) in [6.45, 7) is 19.9. The first-order valence-corrected chi connectivity index (χ1v) is 6.99. The van der Waals surface area contributed by atoms with E-state index in [2.05, 4.69) is 69.5 Å². The third-order valence-electron chi connectivity index (χ3n) is 3.66. The van der Waals surface area contributed by atoms with Crippen molar-refractivity contribution in [2.45, 2.75) is 26.3 Å². The lowest BCUT2D eigenvalue weighted by Crippen LogP contribution is -2.27. The molecule has 0 amide bonds. The Kier molecular flexibility index (Phi) is 6.05. The van der Waals surface area contributed by atoms with E-state index in [1.807, 2.05) is 18.2 Å². The van der Waals surface area contributed by atoms with Gasteiger partial charge in [-0.15, -0.1) is 13.2 Å². The molecule has 106 valence electrons. The van der Waals surface area contributed by atoms with Gasteiger partial charge in [-0.1, -0.05) is 50.5 Å². The second kappa shape index (κ2) is 7.54. The van der Waals surface area contributed by atoms with E-state index in [1.165, 1.54) is 5.70 Å². The molecule has 0 aromatic heterocycles. The van der Waals surface area contributed by atoms with Crippen molar-refractivity contribution in [2.75, 3.05) is 0 Å². The number of nitrogens with zero attached hydrogens (tertiary/aromatic N) is 1. The Hall–Kier alpha value is -2.02. The van der Waals surface area contributed by atoms with Crippen LogP contribution in [-0.2, 0) is 0 Å². The highest BCUT2D eigenvalue weighted by Gasteiger charge is 2.24. The molecule has 0 fully saturated rings. The largest absolute Gasteiger partial charge is 0.344 e. The quantitative estimate of drug-likeness (QED) is 0.455. The summed E-state index contributed by atoms with van der Waals surface area (Å²) in [5, 5.41) is 0. The molecule has 1 nitrogen and oxygen atoms in total. The summed E-state index contributed by atoms with van der Waals surface area (Å²) in [6.07, 6.45) is 15.1. The van der Waals surface area contributed by atoms with Gasteiger partial charge < -0.3 is 4.90 Å². The first kappa shape index (κ1) is 16.0. The van der Waals surface area contributed by atoms with E-state index in [4.69, 9.17) is 0 Å². The van der Waals surface area contributed by atoms with Crippen molar-refractivity contribution in [2.24, 2.45) is 5.92 Å². The molecule has 1 heteroatoms. The molecule has 1 rings (SSSR count). The SMILES string of the molecule is C=C/C(=C\C=C(/C)N1C=CC(C=C)C1C=C)C(=C)CC. The minimum Gasteiger partial charge on any atom is -0.344 e. The lowest BCUT2D eigenvalue weighted by Gasteiger charge is -2.26. The van der Waals surface area contributed by atoms with Gasteiger partial charge in [0, 0.05) is 17.8 Å². The van der Waals surface area contributed by atoms with Crippen molar-refractivity contribution in [3.63, 3.8) is 0 Å². The maximum absolute atomic E-state index is 4.05. The zero-order valence-corrected chi connectivity index (χ0v) is 12.7. The van der Waals surface area contributed by atoms with Crippen LogP contribution in [0.4, 0.5) is 0 Å². The normalized spacial score (nSPS) is 22.8. The van der Waals surface area contributed by atoms with Crippen LogP contribution in [0.1, 0.15) is 20.3 Å². The van der Waals surface area contributed by atoms with Crippen LogP contribution in [-0.4, -0.2) is 10.9 Å².